The Morgan fingerprint density at radius 3 is 2.75 bits per heavy atom. The Morgan fingerprint density at radius 1 is 1.44 bits per heavy atom. The first kappa shape index (κ1) is 12.6. The smallest absolute Gasteiger partial charge is 0.265 e. The number of carbonyl (C=O) groups is 1. The highest BCUT2D eigenvalue weighted by Crippen LogP contribution is 2.30. The SMILES string of the molecule is CC.CCc1ccc2c(c1)NC(=O)C(C)O2.[HH]. The number of hydrogen-bond donors (Lipinski definition) is 1. The molecule has 1 amide bonds. The van der Waals surface area contributed by atoms with Crippen LogP contribution in [0.1, 0.15) is 34.7 Å². The molecule has 1 aromatic rings. The summed E-state index contributed by atoms with van der Waals surface area (Å²) in [5, 5.41) is 2.82. The van der Waals surface area contributed by atoms with Crippen LogP contribution in [-0.4, -0.2) is 12.0 Å². The maximum absolute atomic E-state index is 11.3. The minimum absolute atomic E-state index is 0. The van der Waals surface area contributed by atoms with Crippen LogP contribution in [0.2, 0.25) is 0 Å². The molecule has 1 aromatic carbocycles. The van der Waals surface area contributed by atoms with Crippen molar-refractivity contribution in [2.24, 2.45) is 0 Å². The predicted molar refractivity (Wildman–Crippen MR) is 68.0 cm³/mol. The number of hydrogen-bond acceptors (Lipinski definition) is 2. The molecule has 2 rings (SSSR count). The van der Waals surface area contributed by atoms with Gasteiger partial charge in [-0.15, -0.1) is 0 Å². The maximum Gasteiger partial charge on any atom is 0.265 e. The van der Waals surface area contributed by atoms with Crippen LogP contribution in [0.4, 0.5) is 5.69 Å². The van der Waals surface area contributed by atoms with Crippen LogP contribution in [0.15, 0.2) is 18.2 Å². The molecule has 1 N–H and O–H groups in total. The first-order valence-corrected chi connectivity index (χ1v) is 5.81. The molecule has 90 valence electrons. The molecule has 0 saturated heterocycles. The van der Waals surface area contributed by atoms with Gasteiger partial charge < -0.3 is 10.1 Å². The van der Waals surface area contributed by atoms with E-state index < -0.39 is 6.10 Å². The fraction of sp³-hybridized carbons (Fsp3) is 0.462. The minimum atomic E-state index is -0.394. The van der Waals surface area contributed by atoms with Crippen molar-refractivity contribution in [3.8, 4) is 5.75 Å². The highest BCUT2D eigenvalue weighted by molar-refractivity contribution is 5.97. The van der Waals surface area contributed by atoms with Gasteiger partial charge in [-0.2, -0.15) is 0 Å². The average molecular weight is 223 g/mol. The maximum atomic E-state index is 11.3. The summed E-state index contributed by atoms with van der Waals surface area (Å²) in [7, 11) is 0. The number of nitrogens with one attached hydrogen (secondary N) is 1. The zero-order valence-corrected chi connectivity index (χ0v) is 10.3. The van der Waals surface area contributed by atoms with Crippen molar-refractivity contribution in [2.75, 3.05) is 5.32 Å². The normalized spacial score (nSPS) is 17.5. The van der Waals surface area contributed by atoms with Crippen LogP contribution in [-0.2, 0) is 11.2 Å². The first-order chi connectivity index (χ1) is 7.70. The fourth-order valence-corrected chi connectivity index (χ4v) is 1.48. The van der Waals surface area contributed by atoms with Crippen LogP contribution in [0.5, 0.6) is 5.75 Å². The van der Waals surface area contributed by atoms with Crippen molar-refractivity contribution in [3.63, 3.8) is 0 Å². The third-order valence-corrected chi connectivity index (χ3v) is 2.38. The number of benzene rings is 1. The zero-order chi connectivity index (χ0) is 12.1. The van der Waals surface area contributed by atoms with E-state index >= 15 is 0 Å². The van der Waals surface area contributed by atoms with E-state index in [1.165, 1.54) is 5.56 Å². The van der Waals surface area contributed by atoms with E-state index in [4.69, 9.17) is 4.74 Å². The van der Waals surface area contributed by atoms with E-state index in [9.17, 15) is 4.79 Å². The van der Waals surface area contributed by atoms with Crippen molar-refractivity contribution in [2.45, 2.75) is 40.2 Å². The third-order valence-electron chi connectivity index (χ3n) is 2.38. The molecular weight excluding hydrogens is 202 g/mol. The lowest BCUT2D eigenvalue weighted by Crippen LogP contribution is -2.34. The van der Waals surface area contributed by atoms with Gasteiger partial charge in [-0.3, -0.25) is 4.79 Å². The molecule has 3 nitrogen and oxygen atoms in total. The minimum Gasteiger partial charge on any atom is -0.479 e. The molecule has 0 bridgehead atoms. The molecular formula is C13H21NO2. The van der Waals surface area contributed by atoms with E-state index in [1.807, 2.05) is 32.0 Å². The summed E-state index contributed by atoms with van der Waals surface area (Å²) >= 11 is 0. The van der Waals surface area contributed by atoms with Crippen LogP contribution < -0.4 is 10.1 Å². The Morgan fingerprint density at radius 2 is 2.12 bits per heavy atom. The van der Waals surface area contributed by atoms with Crippen LogP contribution in [0, 0.1) is 0 Å². The Hall–Kier alpha value is -1.51. The second kappa shape index (κ2) is 5.54. The molecule has 1 aliphatic heterocycles. The molecule has 1 aliphatic rings. The van der Waals surface area contributed by atoms with Crippen LogP contribution >= 0.6 is 0 Å². The molecule has 0 spiro atoms. The van der Waals surface area contributed by atoms with Crippen molar-refractivity contribution in [1.82, 2.24) is 0 Å². The lowest BCUT2D eigenvalue weighted by molar-refractivity contribution is -0.122. The largest absolute Gasteiger partial charge is 0.479 e. The van der Waals surface area contributed by atoms with Gasteiger partial charge in [-0.1, -0.05) is 26.8 Å². The first-order valence-electron chi connectivity index (χ1n) is 5.81. The van der Waals surface area contributed by atoms with Crippen molar-refractivity contribution >= 4 is 11.6 Å². The number of aryl methyl sites for hydroxylation is 1. The van der Waals surface area contributed by atoms with Gasteiger partial charge in [0.1, 0.15) is 5.75 Å². The molecule has 0 aliphatic carbocycles. The summed E-state index contributed by atoms with van der Waals surface area (Å²) in [6.07, 6.45) is 0.564. The number of ether oxygens (including phenoxy) is 1. The number of rotatable bonds is 1. The van der Waals surface area contributed by atoms with E-state index in [-0.39, 0.29) is 7.33 Å². The molecule has 1 heterocycles. The highest BCUT2D eigenvalue weighted by Gasteiger charge is 2.23. The van der Waals surface area contributed by atoms with Crippen molar-refractivity contribution in [1.29, 1.82) is 0 Å². The summed E-state index contributed by atoms with van der Waals surface area (Å²) in [6.45, 7) is 7.82. The average Bonchev–Trinajstić information content (AvgIpc) is 2.33. The molecule has 16 heavy (non-hydrogen) atoms. The number of carbonyl (C=O) groups excluding carboxylic acids is 1. The Balaban J connectivity index is 0.000000811. The second-order valence-corrected chi connectivity index (χ2v) is 3.43. The number of anilines is 1. The monoisotopic (exact) mass is 223 g/mol. The summed E-state index contributed by atoms with van der Waals surface area (Å²) in [6, 6.07) is 5.88. The lowest BCUT2D eigenvalue weighted by atomic mass is 10.1. The highest BCUT2D eigenvalue weighted by atomic mass is 16.5. The quantitative estimate of drug-likeness (QED) is 0.793. The summed E-state index contributed by atoms with van der Waals surface area (Å²) in [4.78, 5) is 11.3. The van der Waals surface area contributed by atoms with Gasteiger partial charge in [-0.05, 0) is 31.0 Å². The summed E-state index contributed by atoms with van der Waals surface area (Å²) in [5.41, 5.74) is 1.98. The summed E-state index contributed by atoms with van der Waals surface area (Å²) in [5.74, 6) is 0.681. The molecule has 1 unspecified atom stereocenters. The molecule has 3 heteroatoms. The van der Waals surface area contributed by atoms with Crippen molar-refractivity contribution < 1.29 is 11.0 Å². The van der Waals surface area contributed by atoms with E-state index in [0.717, 1.165) is 17.9 Å². The molecule has 1 atom stereocenters. The van der Waals surface area contributed by atoms with E-state index in [1.54, 1.807) is 6.92 Å². The molecule has 0 radical (unpaired) electrons. The zero-order valence-electron chi connectivity index (χ0n) is 10.3. The Kier molecular flexibility index (Phi) is 4.35. The van der Waals surface area contributed by atoms with E-state index in [0.29, 0.717) is 0 Å². The Bertz CT molecular complexity index is 380. The topological polar surface area (TPSA) is 38.3 Å². The van der Waals surface area contributed by atoms with Gasteiger partial charge in [0.05, 0.1) is 5.69 Å². The molecule has 0 fully saturated rings. The fourth-order valence-electron chi connectivity index (χ4n) is 1.48. The standard InChI is InChI=1S/C11H13NO2.C2H6.H2/c1-3-8-4-5-10-9(6-8)12-11(13)7(2)14-10;1-2;/h4-7H,3H2,1-2H3,(H,12,13);1-2H3;1H. The lowest BCUT2D eigenvalue weighted by Gasteiger charge is -2.23. The molecule has 0 aromatic heterocycles. The van der Waals surface area contributed by atoms with Crippen LogP contribution in [0.3, 0.4) is 0 Å². The van der Waals surface area contributed by atoms with Gasteiger partial charge >= 0.3 is 0 Å². The number of fused-ring (bicyclic) bond motifs is 1. The predicted octanol–water partition coefficient (Wildman–Crippen LogP) is 3.24. The third kappa shape index (κ3) is 2.54. The van der Waals surface area contributed by atoms with Gasteiger partial charge in [0.15, 0.2) is 6.10 Å². The van der Waals surface area contributed by atoms with Crippen molar-refractivity contribution in [3.05, 3.63) is 23.8 Å². The van der Waals surface area contributed by atoms with Gasteiger partial charge in [0.2, 0.25) is 0 Å². The van der Waals surface area contributed by atoms with Crippen LogP contribution in [0.25, 0.3) is 0 Å². The molecule has 0 saturated carbocycles. The number of amides is 1. The van der Waals surface area contributed by atoms with Gasteiger partial charge in [-0.25, -0.2) is 0 Å². The van der Waals surface area contributed by atoms with Gasteiger partial charge in [0.25, 0.3) is 5.91 Å². The second-order valence-electron chi connectivity index (χ2n) is 3.43. The van der Waals surface area contributed by atoms with E-state index in [2.05, 4.69) is 12.2 Å². The van der Waals surface area contributed by atoms with Gasteiger partial charge in [0, 0.05) is 1.43 Å². The summed E-state index contributed by atoms with van der Waals surface area (Å²) < 4.78 is 5.43. The Labute approximate surface area is 98.3 Å².